The average Bonchev–Trinajstić information content (AvgIpc) is 2.35. The van der Waals surface area contributed by atoms with Crippen molar-refractivity contribution in [1.29, 1.82) is 0 Å². The molecule has 0 aliphatic rings. The molecule has 2 unspecified atom stereocenters. The number of rotatable bonds is 8. The molecule has 1 aromatic carbocycles. The van der Waals surface area contributed by atoms with Gasteiger partial charge < -0.3 is 10.5 Å². The van der Waals surface area contributed by atoms with Crippen LogP contribution in [0.4, 0.5) is 0 Å². The second kappa shape index (κ2) is 8.68. The molecule has 0 fully saturated rings. The van der Waals surface area contributed by atoms with Gasteiger partial charge in [-0.3, -0.25) is 0 Å². The summed E-state index contributed by atoms with van der Waals surface area (Å²) >= 11 is 3.56. The van der Waals surface area contributed by atoms with Gasteiger partial charge in [-0.2, -0.15) is 0 Å². The van der Waals surface area contributed by atoms with Gasteiger partial charge in [0.2, 0.25) is 0 Å². The molecule has 2 atom stereocenters. The van der Waals surface area contributed by atoms with E-state index in [4.69, 9.17) is 10.5 Å². The molecular weight excluding hydrogens is 290 g/mol. The Hall–Kier alpha value is -0.380. The van der Waals surface area contributed by atoms with Gasteiger partial charge in [-0.25, -0.2) is 0 Å². The fourth-order valence-corrected chi connectivity index (χ4v) is 2.48. The summed E-state index contributed by atoms with van der Waals surface area (Å²) in [5.74, 6) is 0. The number of halogens is 1. The van der Waals surface area contributed by atoms with Crippen LogP contribution in [0.2, 0.25) is 0 Å². The van der Waals surface area contributed by atoms with E-state index in [0.29, 0.717) is 0 Å². The van der Waals surface area contributed by atoms with Crippen LogP contribution in [0.5, 0.6) is 0 Å². The zero-order chi connectivity index (χ0) is 13.4. The van der Waals surface area contributed by atoms with Crippen molar-refractivity contribution in [3.63, 3.8) is 0 Å². The molecule has 1 rings (SSSR count). The molecule has 2 nitrogen and oxygen atoms in total. The summed E-state index contributed by atoms with van der Waals surface area (Å²) in [7, 11) is 0. The van der Waals surface area contributed by atoms with E-state index in [9.17, 15) is 0 Å². The molecular formula is C15H24BrNO. The smallest absolute Gasteiger partial charge is 0.0983 e. The van der Waals surface area contributed by atoms with Crippen molar-refractivity contribution in [2.45, 2.75) is 51.7 Å². The van der Waals surface area contributed by atoms with Crippen molar-refractivity contribution in [2.75, 3.05) is 6.61 Å². The normalized spacial score (nSPS) is 14.4. The molecule has 0 aliphatic heterocycles. The van der Waals surface area contributed by atoms with Gasteiger partial charge in [0, 0.05) is 17.1 Å². The molecule has 0 bridgehead atoms. The Morgan fingerprint density at radius 1 is 1.22 bits per heavy atom. The van der Waals surface area contributed by atoms with Crippen LogP contribution < -0.4 is 5.73 Å². The molecule has 0 amide bonds. The van der Waals surface area contributed by atoms with Crippen molar-refractivity contribution in [1.82, 2.24) is 0 Å². The highest BCUT2D eigenvalue weighted by Gasteiger charge is 2.18. The van der Waals surface area contributed by atoms with Gasteiger partial charge in [-0.15, -0.1) is 0 Å². The second-order valence-electron chi connectivity index (χ2n) is 4.73. The third-order valence-corrected chi connectivity index (χ3v) is 3.71. The van der Waals surface area contributed by atoms with Crippen molar-refractivity contribution >= 4 is 15.9 Å². The Labute approximate surface area is 119 Å². The zero-order valence-corrected chi connectivity index (χ0v) is 12.9. The van der Waals surface area contributed by atoms with E-state index in [2.05, 4.69) is 28.9 Å². The standard InChI is InChI=1S/C15H24BrNO/c1-3-4-5-8-11-18-15(12(2)17)13-9-6-7-10-14(13)16/h6-7,9-10,12,15H,3-5,8,11,17H2,1-2H3. The third-order valence-electron chi connectivity index (χ3n) is 2.98. The number of unbranched alkanes of at least 4 members (excludes halogenated alkanes) is 3. The molecule has 0 radical (unpaired) electrons. The minimum Gasteiger partial charge on any atom is -0.372 e. The fraction of sp³-hybridized carbons (Fsp3) is 0.600. The zero-order valence-electron chi connectivity index (χ0n) is 11.4. The Bertz CT molecular complexity index is 341. The van der Waals surface area contributed by atoms with Crippen LogP contribution in [-0.2, 0) is 4.74 Å². The van der Waals surface area contributed by atoms with Gasteiger partial charge in [0.15, 0.2) is 0 Å². The van der Waals surface area contributed by atoms with Gasteiger partial charge in [0.1, 0.15) is 0 Å². The summed E-state index contributed by atoms with van der Waals surface area (Å²) in [5.41, 5.74) is 7.17. The van der Waals surface area contributed by atoms with E-state index in [1.54, 1.807) is 0 Å². The van der Waals surface area contributed by atoms with Gasteiger partial charge in [0.05, 0.1) is 6.10 Å². The van der Waals surface area contributed by atoms with Crippen LogP contribution in [0.25, 0.3) is 0 Å². The number of hydrogen-bond acceptors (Lipinski definition) is 2. The van der Waals surface area contributed by atoms with E-state index in [0.717, 1.165) is 23.1 Å². The predicted octanol–water partition coefficient (Wildman–Crippen LogP) is 4.43. The van der Waals surface area contributed by atoms with E-state index < -0.39 is 0 Å². The Morgan fingerprint density at radius 2 is 1.94 bits per heavy atom. The first-order valence-corrected chi connectivity index (χ1v) is 7.57. The summed E-state index contributed by atoms with van der Waals surface area (Å²) in [6.07, 6.45) is 4.85. The SMILES string of the molecule is CCCCCCOC(c1ccccc1Br)C(C)N. The lowest BCUT2D eigenvalue weighted by atomic mass is 10.0. The Kier molecular flexibility index (Phi) is 7.56. The largest absolute Gasteiger partial charge is 0.372 e. The van der Waals surface area contributed by atoms with Crippen LogP contribution >= 0.6 is 15.9 Å². The predicted molar refractivity (Wildman–Crippen MR) is 80.6 cm³/mol. The highest BCUT2D eigenvalue weighted by Crippen LogP contribution is 2.28. The van der Waals surface area contributed by atoms with Gasteiger partial charge in [-0.1, -0.05) is 60.3 Å². The number of ether oxygens (including phenoxy) is 1. The molecule has 0 aliphatic carbocycles. The van der Waals surface area contributed by atoms with E-state index in [1.165, 1.54) is 19.3 Å². The maximum Gasteiger partial charge on any atom is 0.0983 e. The first-order valence-electron chi connectivity index (χ1n) is 6.78. The Balaban J connectivity index is 2.53. The lowest BCUT2D eigenvalue weighted by Crippen LogP contribution is -2.27. The highest BCUT2D eigenvalue weighted by molar-refractivity contribution is 9.10. The second-order valence-corrected chi connectivity index (χ2v) is 5.59. The number of hydrogen-bond donors (Lipinski definition) is 1. The lowest BCUT2D eigenvalue weighted by Gasteiger charge is -2.23. The molecule has 0 saturated carbocycles. The molecule has 2 N–H and O–H groups in total. The minimum atomic E-state index is -0.0257. The van der Waals surface area contributed by atoms with Gasteiger partial charge >= 0.3 is 0 Å². The molecule has 3 heteroatoms. The van der Waals surface area contributed by atoms with Crippen LogP contribution in [0, 0.1) is 0 Å². The van der Waals surface area contributed by atoms with Crippen molar-refractivity contribution in [3.8, 4) is 0 Å². The summed E-state index contributed by atoms with van der Waals surface area (Å²) in [6.45, 7) is 5.00. The van der Waals surface area contributed by atoms with E-state index >= 15 is 0 Å². The van der Waals surface area contributed by atoms with Crippen LogP contribution in [0.3, 0.4) is 0 Å². The molecule has 0 aromatic heterocycles. The average molecular weight is 314 g/mol. The molecule has 0 spiro atoms. The fourth-order valence-electron chi connectivity index (χ4n) is 1.97. The van der Waals surface area contributed by atoms with Crippen LogP contribution in [0.1, 0.15) is 51.2 Å². The lowest BCUT2D eigenvalue weighted by molar-refractivity contribution is 0.0354. The molecule has 1 aromatic rings. The topological polar surface area (TPSA) is 35.2 Å². The molecule has 0 saturated heterocycles. The van der Waals surface area contributed by atoms with Gasteiger partial charge in [0.25, 0.3) is 0 Å². The number of benzene rings is 1. The molecule has 18 heavy (non-hydrogen) atoms. The quantitative estimate of drug-likeness (QED) is 0.720. The maximum absolute atomic E-state index is 6.03. The summed E-state index contributed by atoms with van der Waals surface area (Å²) in [4.78, 5) is 0. The monoisotopic (exact) mass is 313 g/mol. The van der Waals surface area contributed by atoms with E-state index in [1.807, 2.05) is 25.1 Å². The van der Waals surface area contributed by atoms with Crippen molar-refractivity contribution in [3.05, 3.63) is 34.3 Å². The van der Waals surface area contributed by atoms with Crippen molar-refractivity contribution < 1.29 is 4.74 Å². The summed E-state index contributed by atoms with van der Waals surface area (Å²) in [5, 5.41) is 0. The minimum absolute atomic E-state index is 0.00475. The highest BCUT2D eigenvalue weighted by atomic mass is 79.9. The van der Waals surface area contributed by atoms with Crippen LogP contribution in [0.15, 0.2) is 28.7 Å². The number of nitrogens with two attached hydrogens (primary N) is 1. The summed E-state index contributed by atoms with van der Waals surface area (Å²) in [6, 6.07) is 8.13. The van der Waals surface area contributed by atoms with E-state index in [-0.39, 0.29) is 12.1 Å². The first kappa shape index (κ1) is 15.7. The maximum atomic E-state index is 6.03. The Morgan fingerprint density at radius 3 is 2.56 bits per heavy atom. The van der Waals surface area contributed by atoms with Crippen molar-refractivity contribution in [2.24, 2.45) is 5.73 Å². The molecule has 102 valence electrons. The van der Waals surface area contributed by atoms with Crippen LogP contribution in [-0.4, -0.2) is 12.6 Å². The summed E-state index contributed by atoms with van der Waals surface area (Å²) < 4.78 is 7.03. The van der Waals surface area contributed by atoms with Gasteiger partial charge in [-0.05, 0) is 25.0 Å². The molecule has 0 heterocycles. The first-order chi connectivity index (χ1) is 8.66. The third kappa shape index (κ3) is 5.09.